The Morgan fingerprint density at radius 1 is 1.71 bits per heavy atom. The minimum atomic E-state index is -0.589. The molecule has 0 fully saturated rings. The van der Waals surface area contributed by atoms with Gasteiger partial charge in [-0.05, 0) is 18.6 Å². The molecule has 0 aliphatic heterocycles. The Morgan fingerprint density at radius 2 is 2.36 bits per heavy atom. The van der Waals surface area contributed by atoms with Crippen molar-refractivity contribution in [3.05, 3.63) is 28.0 Å². The molecule has 0 radical (unpaired) electrons. The van der Waals surface area contributed by atoms with Crippen molar-refractivity contribution in [2.24, 2.45) is 0 Å². The van der Waals surface area contributed by atoms with Crippen molar-refractivity contribution in [1.82, 2.24) is 4.98 Å². The monoisotopic (exact) mass is 210 g/mol. The lowest BCUT2D eigenvalue weighted by molar-refractivity contribution is 0.0600. The van der Waals surface area contributed by atoms with Crippen LogP contribution in [-0.4, -0.2) is 18.1 Å². The van der Waals surface area contributed by atoms with Crippen LogP contribution in [0, 0.1) is 18.3 Å². The van der Waals surface area contributed by atoms with E-state index < -0.39 is 5.97 Å². The highest BCUT2D eigenvalue weighted by atomic mass is 35.5. The molecule has 0 bridgehead atoms. The van der Waals surface area contributed by atoms with Gasteiger partial charge in [-0.25, -0.2) is 9.78 Å². The molecule has 1 aromatic rings. The van der Waals surface area contributed by atoms with Gasteiger partial charge >= 0.3 is 5.97 Å². The Labute approximate surface area is 86.1 Å². The molecule has 0 amide bonds. The number of carbonyl (C=O) groups is 1. The summed E-state index contributed by atoms with van der Waals surface area (Å²) in [6.45, 7) is 1.70. The number of hydrogen-bond donors (Lipinski definition) is 0. The van der Waals surface area contributed by atoms with E-state index in [0.717, 1.165) is 0 Å². The zero-order chi connectivity index (χ0) is 10.7. The number of rotatable bonds is 1. The van der Waals surface area contributed by atoms with Crippen molar-refractivity contribution in [2.45, 2.75) is 6.92 Å². The summed E-state index contributed by atoms with van der Waals surface area (Å²) in [5.41, 5.74) is 0.746. The van der Waals surface area contributed by atoms with Gasteiger partial charge in [-0.3, -0.25) is 0 Å². The van der Waals surface area contributed by atoms with Gasteiger partial charge in [0.05, 0.1) is 12.7 Å². The van der Waals surface area contributed by atoms with Crippen LogP contribution in [0.4, 0.5) is 0 Å². The minimum Gasteiger partial charge on any atom is -0.465 e. The van der Waals surface area contributed by atoms with E-state index in [-0.39, 0.29) is 16.4 Å². The van der Waals surface area contributed by atoms with Crippen molar-refractivity contribution in [3.63, 3.8) is 0 Å². The van der Waals surface area contributed by atoms with E-state index in [1.54, 1.807) is 13.0 Å². The molecule has 1 rings (SSSR count). The average Bonchev–Trinajstić information content (AvgIpc) is 2.20. The lowest BCUT2D eigenvalue weighted by Crippen LogP contribution is -2.06. The maximum atomic E-state index is 11.2. The van der Waals surface area contributed by atoms with Crippen LogP contribution in [0.2, 0.25) is 5.15 Å². The molecule has 0 N–H and O–H groups in total. The highest BCUT2D eigenvalue weighted by molar-refractivity contribution is 6.30. The van der Waals surface area contributed by atoms with Gasteiger partial charge in [0.2, 0.25) is 0 Å². The van der Waals surface area contributed by atoms with Gasteiger partial charge in [-0.2, -0.15) is 5.26 Å². The van der Waals surface area contributed by atoms with Gasteiger partial charge in [-0.15, -0.1) is 0 Å². The number of pyridine rings is 1. The van der Waals surface area contributed by atoms with Gasteiger partial charge < -0.3 is 4.74 Å². The molecule has 0 spiro atoms. The first-order valence-corrected chi connectivity index (χ1v) is 4.13. The summed E-state index contributed by atoms with van der Waals surface area (Å²) in [6, 6.07) is 3.27. The minimum absolute atomic E-state index is 0.0209. The summed E-state index contributed by atoms with van der Waals surface area (Å²) < 4.78 is 4.50. The van der Waals surface area contributed by atoms with Gasteiger partial charge in [0.1, 0.15) is 11.2 Å². The molecule has 5 heteroatoms. The Kier molecular flexibility index (Phi) is 3.05. The van der Waals surface area contributed by atoms with E-state index >= 15 is 0 Å². The number of aromatic nitrogens is 1. The Bertz CT molecular complexity index is 424. The molecule has 0 saturated carbocycles. The number of carbonyl (C=O) groups excluding carboxylic acids is 1. The van der Waals surface area contributed by atoms with Crippen LogP contribution in [0.5, 0.6) is 0 Å². The summed E-state index contributed by atoms with van der Waals surface area (Å²) >= 11 is 5.70. The lowest BCUT2D eigenvalue weighted by Gasteiger charge is -2.03. The molecule has 0 aliphatic rings. The fourth-order valence-corrected chi connectivity index (χ4v) is 1.08. The SMILES string of the molecule is COC(=O)c1cc(C)c(Cl)nc1C#N. The van der Waals surface area contributed by atoms with Gasteiger partial charge in [0.15, 0.2) is 5.69 Å². The molecule has 4 nitrogen and oxygen atoms in total. The van der Waals surface area contributed by atoms with Gasteiger partial charge in [0.25, 0.3) is 0 Å². The Hall–Kier alpha value is -1.60. The molecule has 0 aliphatic carbocycles. The number of hydrogen-bond acceptors (Lipinski definition) is 4. The van der Waals surface area contributed by atoms with Crippen LogP contribution in [0.3, 0.4) is 0 Å². The van der Waals surface area contributed by atoms with Crippen LogP contribution in [-0.2, 0) is 4.74 Å². The molecule has 0 saturated heterocycles. The van der Waals surface area contributed by atoms with Crippen LogP contribution < -0.4 is 0 Å². The molecule has 0 atom stereocenters. The normalized spacial score (nSPS) is 9.29. The predicted octanol–water partition coefficient (Wildman–Crippen LogP) is 1.70. The first kappa shape index (κ1) is 10.5. The molecule has 0 unspecified atom stereocenters. The third-order valence-corrected chi connectivity index (χ3v) is 2.05. The van der Waals surface area contributed by atoms with Crippen molar-refractivity contribution >= 4 is 17.6 Å². The van der Waals surface area contributed by atoms with Crippen LogP contribution in [0.1, 0.15) is 21.6 Å². The zero-order valence-electron chi connectivity index (χ0n) is 7.67. The third kappa shape index (κ3) is 1.83. The average molecular weight is 211 g/mol. The predicted molar refractivity (Wildman–Crippen MR) is 50.0 cm³/mol. The number of halogens is 1. The molecular weight excluding hydrogens is 204 g/mol. The van der Waals surface area contributed by atoms with Crippen LogP contribution in [0.15, 0.2) is 6.07 Å². The first-order chi connectivity index (χ1) is 6.60. The summed E-state index contributed by atoms with van der Waals surface area (Å²) in [7, 11) is 1.24. The van der Waals surface area contributed by atoms with Crippen molar-refractivity contribution < 1.29 is 9.53 Å². The quantitative estimate of drug-likeness (QED) is 0.523. The van der Waals surface area contributed by atoms with E-state index in [1.165, 1.54) is 13.2 Å². The number of nitriles is 1. The molecule has 1 aromatic heterocycles. The maximum absolute atomic E-state index is 11.2. The van der Waals surface area contributed by atoms with Gasteiger partial charge in [0, 0.05) is 0 Å². The lowest BCUT2D eigenvalue weighted by atomic mass is 10.1. The molecule has 0 aromatic carbocycles. The van der Waals surface area contributed by atoms with Crippen LogP contribution in [0.25, 0.3) is 0 Å². The molecule has 1 heterocycles. The number of methoxy groups -OCH3 is 1. The Morgan fingerprint density at radius 3 is 2.86 bits per heavy atom. The number of nitrogens with zero attached hydrogens (tertiary/aromatic N) is 2. The van der Waals surface area contributed by atoms with Crippen LogP contribution >= 0.6 is 11.6 Å². The zero-order valence-corrected chi connectivity index (χ0v) is 8.42. The molecule has 14 heavy (non-hydrogen) atoms. The van der Waals surface area contributed by atoms with E-state index in [0.29, 0.717) is 5.56 Å². The molecule has 72 valence electrons. The maximum Gasteiger partial charge on any atom is 0.340 e. The second kappa shape index (κ2) is 4.07. The van der Waals surface area contributed by atoms with Crippen molar-refractivity contribution in [3.8, 4) is 6.07 Å². The van der Waals surface area contributed by atoms with E-state index in [2.05, 4.69) is 9.72 Å². The number of aryl methyl sites for hydroxylation is 1. The smallest absolute Gasteiger partial charge is 0.340 e. The first-order valence-electron chi connectivity index (χ1n) is 3.75. The highest BCUT2D eigenvalue weighted by Crippen LogP contribution is 2.17. The summed E-state index contributed by atoms with van der Waals surface area (Å²) in [5, 5.41) is 8.92. The third-order valence-electron chi connectivity index (χ3n) is 1.66. The van der Waals surface area contributed by atoms with Gasteiger partial charge in [-0.1, -0.05) is 11.6 Å². The summed E-state index contributed by atoms with van der Waals surface area (Å²) in [6.07, 6.45) is 0. The second-order valence-electron chi connectivity index (χ2n) is 2.60. The fourth-order valence-electron chi connectivity index (χ4n) is 0.942. The second-order valence-corrected chi connectivity index (χ2v) is 2.95. The van der Waals surface area contributed by atoms with E-state index in [4.69, 9.17) is 16.9 Å². The van der Waals surface area contributed by atoms with E-state index in [9.17, 15) is 4.79 Å². The highest BCUT2D eigenvalue weighted by Gasteiger charge is 2.15. The molecular formula is C9H7ClN2O2. The fraction of sp³-hybridized carbons (Fsp3) is 0.222. The van der Waals surface area contributed by atoms with Crippen molar-refractivity contribution in [1.29, 1.82) is 5.26 Å². The topological polar surface area (TPSA) is 63.0 Å². The standard InChI is InChI=1S/C9H7ClN2O2/c1-5-3-6(9(13)14-2)7(4-11)12-8(5)10/h3H,1-2H3. The number of ether oxygens (including phenoxy) is 1. The summed E-state index contributed by atoms with van der Waals surface area (Å²) in [4.78, 5) is 15.0. The Balaban J connectivity index is 3.36. The van der Waals surface area contributed by atoms with E-state index in [1.807, 2.05) is 0 Å². The van der Waals surface area contributed by atoms with Crippen molar-refractivity contribution in [2.75, 3.05) is 7.11 Å². The summed E-state index contributed by atoms with van der Waals surface area (Å²) in [5.74, 6) is -0.589. The number of esters is 1. The largest absolute Gasteiger partial charge is 0.465 e.